The molecule has 5 aromatic rings. The van der Waals surface area contributed by atoms with E-state index in [1.165, 1.54) is 29.1 Å². The third-order valence-electron chi connectivity index (χ3n) is 6.44. The Bertz CT molecular complexity index is 1780. The second-order valence-electron chi connectivity index (χ2n) is 8.94. The molecule has 190 valence electrons. The smallest absolute Gasteiger partial charge is 0.266 e. The number of nitrogen functional groups attached to an aromatic ring is 1. The quantitative estimate of drug-likeness (QED) is 0.269. The molecular formula is C29H24F2N6O. The van der Waals surface area contributed by atoms with E-state index >= 15 is 0 Å². The van der Waals surface area contributed by atoms with Gasteiger partial charge in [-0.3, -0.25) is 14.8 Å². The number of hydrogen-bond acceptors (Lipinski definition) is 6. The van der Waals surface area contributed by atoms with Crippen molar-refractivity contribution in [3.8, 4) is 5.69 Å². The summed E-state index contributed by atoms with van der Waals surface area (Å²) in [4.78, 5) is 21.9. The fourth-order valence-corrected chi connectivity index (χ4v) is 4.48. The van der Waals surface area contributed by atoms with E-state index in [4.69, 9.17) is 11.1 Å². The standard InChI is InChI=1S/C29H24F2N6O/c1-16-6-3-4-9-23(16)37-20(13-18-7-5-8-22(31)24(18)29(37)38)14-34-28-25(27(33)35-15-36-28)26(32)19-10-11-21(30)17(2)12-19/h3-13,15,32H,14H2,1-2H3,(H3,33,34,35,36). The Hall–Kier alpha value is -4.92. The molecule has 38 heavy (non-hydrogen) atoms. The first kappa shape index (κ1) is 24.8. The Morgan fingerprint density at radius 1 is 0.974 bits per heavy atom. The van der Waals surface area contributed by atoms with E-state index in [1.54, 1.807) is 37.3 Å². The van der Waals surface area contributed by atoms with Gasteiger partial charge >= 0.3 is 0 Å². The molecule has 2 aromatic heterocycles. The highest BCUT2D eigenvalue weighted by atomic mass is 19.1. The second-order valence-corrected chi connectivity index (χ2v) is 8.94. The van der Waals surface area contributed by atoms with Crippen LogP contribution in [0.3, 0.4) is 0 Å². The van der Waals surface area contributed by atoms with Gasteiger partial charge in [-0.1, -0.05) is 30.3 Å². The summed E-state index contributed by atoms with van der Waals surface area (Å²) in [6.07, 6.45) is 1.27. The highest BCUT2D eigenvalue weighted by molar-refractivity contribution is 6.16. The number of rotatable bonds is 6. The Balaban J connectivity index is 1.61. The van der Waals surface area contributed by atoms with Gasteiger partial charge in [0.25, 0.3) is 5.56 Å². The van der Waals surface area contributed by atoms with Crippen LogP contribution in [0, 0.1) is 30.9 Å². The van der Waals surface area contributed by atoms with Crippen molar-refractivity contribution >= 4 is 28.1 Å². The molecule has 2 heterocycles. The summed E-state index contributed by atoms with van der Waals surface area (Å²) in [6.45, 7) is 3.60. The monoisotopic (exact) mass is 510 g/mol. The van der Waals surface area contributed by atoms with E-state index in [0.29, 0.717) is 27.9 Å². The average molecular weight is 511 g/mol. The minimum Gasteiger partial charge on any atom is -0.383 e. The van der Waals surface area contributed by atoms with Gasteiger partial charge in [-0.25, -0.2) is 18.7 Å². The van der Waals surface area contributed by atoms with Crippen LogP contribution in [0.2, 0.25) is 0 Å². The van der Waals surface area contributed by atoms with Crippen LogP contribution in [0.4, 0.5) is 20.4 Å². The number of nitrogens with one attached hydrogen (secondary N) is 2. The summed E-state index contributed by atoms with van der Waals surface area (Å²) in [7, 11) is 0. The predicted molar refractivity (Wildman–Crippen MR) is 145 cm³/mol. The molecule has 0 aliphatic carbocycles. The number of aromatic nitrogens is 3. The SMILES string of the molecule is Cc1cc(C(=N)c2c(N)ncnc2NCc2cc3cccc(F)c3c(=O)n2-c2ccccc2C)ccc1F. The molecule has 0 atom stereocenters. The number of para-hydroxylation sites is 1. The van der Waals surface area contributed by atoms with Crippen LogP contribution in [-0.4, -0.2) is 20.2 Å². The lowest BCUT2D eigenvalue weighted by Gasteiger charge is -2.19. The summed E-state index contributed by atoms with van der Waals surface area (Å²) in [5, 5.41) is 12.4. The van der Waals surface area contributed by atoms with Crippen LogP contribution in [0.25, 0.3) is 16.5 Å². The largest absolute Gasteiger partial charge is 0.383 e. The molecule has 4 N–H and O–H groups in total. The van der Waals surface area contributed by atoms with Crippen LogP contribution >= 0.6 is 0 Å². The van der Waals surface area contributed by atoms with Crippen molar-refractivity contribution < 1.29 is 8.78 Å². The van der Waals surface area contributed by atoms with Crippen LogP contribution in [-0.2, 0) is 6.54 Å². The molecule has 0 saturated carbocycles. The number of nitrogens with two attached hydrogens (primary N) is 1. The van der Waals surface area contributed by atoms with Gasteiger partial charge in [0, 0.05) is 11.3 Å². The molecule has 0 amide bonds. The second kappa shape index (κ2) is 9.85. The number of aryl methyl sites for hydroxylation is 2. The molecule has 0 bridgehead atoms. The first-order chi connectivity index (χ1) is 18.3. The molecule has 7 nitrogen and oxygen atoms in total. The van der Waals surface area contributed by atoms with Crippen molar-refractivity contribution in [2.75, 3.05) is 11.1 Å². The lowest BCUT2D eigenvalue weighted by atomic mass is 10.0. The predicted octanol–water partition coefficient (Wildman–Crippen LogP) is 5.29. The zero-order valence-electron chi connectivity index (χ0n) is 20.7. The minimum atomic E-state index is -0.594. The van der Waals surface area contributed by atoms with Crippen molar-refractivity contribution in [3.05, 3.63) is 123 Å². The van der Waals surface area contributed by atoms with Gasteiger partial charge in [0.15, 0.2) is 0 Å². The molecule has 0 radical (unpaired) electrons. The molecule has 5 rings (SSSR count). The van der Waals surface area contributed by atoms with Crippen molar-refractivity contribution in [3.63, 3.8) is 0 Å². The van der Waals surface area contributed by atoms with Gasteiger partial charge in [-0.05, 0) is 66.8 Å². The van der Waals surface area contributed by atoms with E-state index < -0.39 is 11.4 Å². The first-order valence-electron chi connectivity index (χ1n) is 11.8. The lowest BCUT2D eigenvalue weighted by Crippen LogP contribution is -2.25. The maximum Gasteiger partial charge on any atom is 0.266 e. The van der Waals surface area contributed by atoms with Crippen LogP contribution in [0.1, 0.15) is 27.9 Å². The number of pyridine rings is 1. The Morgan fingerprint density at radius 2 is 1.76 bits per heavy atom. The average Bonchev–Trinajstić information content (AvgIpc) is 2.89. The number of anilines is 2. The zero-order chi connectivity index (χ0) is 27.0. The molecule has 9 heteroatoms. The van der Waals surface area contributed by atoms with Crippen LogP contribution in [0.5, 0.6) is 0 Å². The number of nitrogens with zero attached hydrogens (tertiary/aromatic N) is 3. The fraction of sp³-hybridized carbons (Fsp3) is 0.103. The maximum absolute atomic E-state index is 14.7. The van der Waals surface area contributed by atoms with Gasteiger partial charge in [0.2, 0.25) is 0 Å². The van der Waals surface area contributed by atoms with Gasteiger partial charge in [-0.15, -0.1) is 0 Å². The fourth-order valence-electron chi connectivity index (χ4n) is 4.48. The Labute approximate surface area is 217 Å². The van der Waals surface area contributed by atoms with E-state index in [9.17, 15) is 13.6 Å². The normalized spacial score (nSPS) is 11.1. The van der Waals surface area contributed by atoms with Gasteiger partial charge < -0.3 is 11.1 Å². The van der Waals surface area contributed by atoms with Gasteiger partial charge in [0.1, 0.15) is 29.6 Å². The zero-order valence-corrected chi connectivity index (χ0v) is 20.7. The third kappa shape index (κ3) is 4.39. The number of benzene rings is 3. The highest BCUT2D eigenvalue weighted by Gasteiger charge is 2.19. The highest BCUT2D eigenvalue weighted by Crippen LogP contribution is 2.25. The van der Waals surface area contributed by atoms with Crippen LogP contribution < -0.4 is 16.6 Å². The van der Waals surface area contributed by atoms with Gasteiger partial charge in [0.05, 0.1) is 28.9 Å². The molecule has 0 unspecified atom stereocenters. The molecule has 3 aromatic carbocycles. The molecule has 0 aliphatic rings. The number of halogens is 2. The van der Waals surface area contributed by atoms with Gasteiger partial charge in [-0.2, -0.15) is 0 Å². The summed E-state index contributed by atoms with van der Waals surface area (Å²) in [5.41, 5.74) is 8.79. The summed E-state index contributed by atoms with van der Waals surface area (Å²) < 4.78 is 30.0. The summed E-state index contributed by atoms with van der Waals surface area (Å²) in [6, 6.07) is 18.0. The van der Waals surface area contributed by atoms with E-state index in [-0.39, 0.29) is 40.7 Å². The molecule has 0 spiro atoms. The minimum absolute atomic E-state index is 0.0000648. The topological polar surface area (TPSA) is 110 Å². The van der Waals surface area contributed by atoms with Crippen molar-refractivity contribution in [2.45, 2.75) is 20.4 Å². The lowest BCUT2D eigenvalue weighted by molar-refractivity contribution is 0.618. The molecule has 0 fully saturated rings. The Morgan fingerprint density at radius 3 is 2.53 bits per heavy atom. The van der Waals surface area contributed by atoms with Crippen molar-refractivity contribution in [1.82, 2.24) is 14.5 Å². The summed E-state index contributed by atoms with van der Waals surface area (Å²) in [5.74, 6) is -0.624. The number of fused-ring (bicyclic) bond motifs is 1. The maximum atomic E-state index is 14.7. The first-order valence-corrected chi connectivity index (χ1v) is 11.8. The number of hydrogen-bond donors (Lipinski definition) is 3. The van der Waals surface area contributed by atoms with Crippen molar-refractivity contribution in [2.24, 2.45) is 0 Å². The Kier molecular flexibility index (Phi) is 6.42. The summed E-state index contributed by atoms with van der Waals surface area (Å²) >= 11 is 0. The third-order valence-corrected chi connectivity index (χ3v) is 6.44. The van der Waals surface area contributed by atoms with E-state index in [2.05, 4.69) is 15.3 Å². The van der Waals surface area contributed by atoms with Crippen molar-refractivity contribution in [1.29, 1.82) is 5.41 Å². The molecule has 0 aliphatic heterocycles. The van der Waals surface area contributed by atoms with E-state index in [1.807, 2.05) is 25.1 Å². The van der Waals surface area contributed by atoms with E-state index in [0.717, 1.165) is 5.56 Å². The van der Waals surface area contributed by atoms with Crippen LogP contribution in [0.15, 0.2) is 77.9 Å². The molecular weight excluding hydrogens is 486 g/mol. The molecule has 0 saturated heterocycles.